The molecule has 3 fully saturated rings. The van der Waals surface area contributed by atoms with Gasteiger partial charge in [-0.15, -0.1) is 0 Å². The van der Waals surface area contributed by atoms with Crippen molar-refractivity contribution in [2.45, 2.75) is 37.3 Å². The van der Waals surface area contributed by atoms with Crippen LogP contribution in [0.3, 0.4) is 0 Å². The lowest BCUT2D eigenvalue weighted by molar-refractivity contribution is -0.198. The van der Waals surface area contributed by atoms with E-state index in [2.05, 4.69) is 9.80 Å². The summed E-state index contributed by atoms with van der Waals surface area (Å²) in [4.78, 5) is 5.02. The van der Waals surface area contributed by atoms with Crippen LogP contribution in [-0.2, 0) is 36.9 Å². The summed E-state index contributed by atoms with van der Waals surface area (Å²) in [5.41, 5.74) is 2.92. The summed E-state index contributed by atoms with van der Waals surface area (Å²) in [6.45, 7) is 8.38. The minimum Gasteiger partial charge on any atom is -0.343 e. The van der Waals surface area contributed by atoms with Gasteiger partial charge in [0.15, 0.2) is 11.6 Å². The molecule has 0 bridgehead atoms. The first-order valence-corrected chi connectivity index (χ1v) is 13.6. The summed E-state index contributed by atoms with van der Waals surface area (Å²) in [5, 5.41) is 0. The predicted octanol–water partition coefficient (Wildman–Crippen LogP) is 4.02. The number of nitrogens with zero attached hydrogens (tertiary/aromatic N) is 2. The Kier molecular flexibility index (Phi) is 7.31. The number of hydrogen-bond donors (Lipinski definition) is 0. The third-order valence-corrected chi connectivity index (χ3v) is 8.44. The topological polar surface area (TPSA) is 43.4 Å². The Balaban J connectivity index is 0.974. The minimum atomic E-state index is -0.752. The number of ether oxygens (including phenoxy) is 4. The molecule has 2 aromatic carbocycles. The molecule has 8 heteroatoms. The van der Waals surface area contributed by atoms with E-state index in [1.807, 2.05) is 6.07 Å². The number of fused-ring (bicyclic) bond motifs is 2. The highest BCUT2D eigenvalue weighted by Crippen LogP contribution is 2.49. The van der Waals surface area contributed by atoms with Crippen LogP contribution >= 0.6 is 0 Å². The van der Waals surface area contributed by atoms with E-state index in [-0.39, 0.29) is 17.6 Å². The smallest absolute Gasteiger partial charge is 0.198 e. The van der Waals surface area contributed by atoms with Crippen molar-refractivity contribution in [3.8, 4) is 0 Å². The SMILES string of the molecule is Fc1ccc(C2(CCCN3CCN(CCC4Cc5cc(F)ccc5C45OCCO5)CC3)OCCO2)cc1. The summed E-state index contributed by atoms with van der Waals surface area (Å²) in [7, 11) is 0. The van der Waals surface area contributed by atoms with Gasteiger partial charge >= 0.3 is 0 Å². The second-order valence-electron chi connectivity index (χ2n) is 10.6. The maximum atomic E-state index is 13.9. The first-order chi connectivity index (χ1) is 18.1. The quantitative estimate of drug-likeness (QED) is 0.530. The van der Waals surface area contributed by atoms with E-state index in [0.717, 1.165) is 81.6 Å². The molecule has 1 spiro atoms. The molecule has 0 N–H and O–H groups in total. The van der Waals surface area contributed by atoms with E-state index < -0.39 is 11.6 Å². The zero-order valence-electron chi connectivity index (χ0n) is 21.3. The molecule has 37 heavy (non-hydrogen) atoms. The fourth-order valence-corrected chi connectivity index (χ4v) is 6.53. The molecule has 2 aromatic rings. The van der Waals surface area contributed by atoms with Gasteiger partial charge < -0.3 is 28.7 Å². The van der Waals surface area contributed by atoms with Crippen LogP contribution in [0.4, 0.5) is 8.78 Å². The molecule has 3 heterocycles. The van der Waals surface area contributed by atoms with Gasteiger partial charge in [-0.2, -0.15) is 0 Å². The summed E-state index contributed by atoms with van der Waals surface area (Å²) >= 11 is 0. The number of hydrogen-bond acceptors (Lipinski definition) is 6. The fourth-order valence-electron chi connectivity index (χ4n) is 6.53. The molecule has 6 rings (SSSR count). The maximum absolute atomic E-state index is 13.9. The lowest BCUT2D eigenvalue weighted by atomic mass is 9.95. The molecule has 0 radical (unpaired) electrons. The fraction of sp³-hybridized carbons (Fsp3) is 0.586. The van der Waals surface area contributed by atoms with Crippen molar-refractivity contribution >= 4 is 0 Å². The van der Waals surface area contributed by atoms with Gasteiger partial charge in [0.25, 0.3) is 0 Å². The Morgan fingerprint density at radius 1 is 0.757 bits per heavy atom. The first-order valence-electron chi connectivity index (χ1n) is 13.6. The van der Waals surface area contributed by atoms with Gasteiger partial charge in [-0.1, -0.05) is 18.2 Å². The number of rotatable bonds is 8. The zero-order chi connectivity index (χ0) is 25.3. The molecule has 200 valence electrons. The van der Waals surface area contributed by atoms with E-state index in [0.29, 0.717) is 26.4 Å². The van der Waals surface area contributed by atoms with Gasteiger partial charge in [0.05, 0.1) is 26.4 Å². The van der Waals surface area contributed by atoms with Gasteiger partial charge in [0.1, 0.15) is 11.6 Å². The van der Waals surface area contributed by atoms with Gasteiger partial charge in [0, 0.05) is 49.6 Å². The Hall–Kier alpha value is -1.94. The van der Waals surface area contributed by atoms with Gasteiger partial charge in [-0.25, -0.2) is 8.78 Å². The van der Waals surface area contributed by atoms with Crippen molar-refractivity contribution in [1.29, 1.82) is 0 Å². The number of benzene rings is 2. The second kappa shape index (κ2) is 10.7. The van der Waals surface area contributed by atoms with E-state index in [9.17, 15) is 8.78 Å². The highest BCUT2D eigenvalue weighted by molar-refractivity contribution is 5.38. The lowest BCUT2D eigenvalue weighted by Crippen LogP contribution is -2.47. The van der Waals surface area contributed by atoms with Crippen LogP contribution in [0.25, 0.3) is 0 Å². The van der Waals surface area contributed by atoms with Crippen LogP contribution < -0.4 is 0 Å². The van der Waals surface area contributed by atoms with Crippen LogP contribution in [0, 0.1) is 17.6 Å². The molecule has 1 unspecified atom stereocenters. The molecule has 3 aliphatic heterocycles. The second-order valence-corrected chi connectivity index (χ2v) is 10.6. The van der Waals surface area contributed by atoms with Crippen LogP contribution in [0.2, 0.25) is 0 Å². The summed E-state index contributed by atoms with van der Waals surface area (Å²) in [6, 6.07) is 11.5. The number of piperazine rings is 1. The van der Waals surface area contributed by atoms with Gasteiger partial charge in [-0.05, 0) is 62.2 Å². The van der Waals surface area contributed by atoms with Crippen LogP contribution in [0.1, 0.15) is 36.0 Å². The van der Waals surface area contributed by atoms with Crippen molar-refractivity contribution in [2.75, 3.05) is 65.7 Å². The van der Waals surface area contributed by atoms with Crippen molar-refractivity contribution in [3.05, 3.63) is 70.8 Å². The van der Waals surface area contributed by atoms with Crippen LogP contribution in [0.15, 0.2) is 42.5 Å². The third-order valence-electron chi connectivity index (χ3n) is 8.44. The molecule has 0 aromatic heterocycles. The van der Waals surface area contributed by atoms with E-state index in [1.165, 1.54) is 18.2 Å². The van der Waals surface area contributed by atoms with E-state index in [4.69, 9.17) is 18.9 Å². The highest BCUT2D eigenvalue weighted by Gasteiger charge is 2.51. The van der Waals surface area contributed by atoms with Crippen LogP contribution in [0.5, 0.6) is 0 Å². The average Bonchev–Trinajstić information content (AvgIpc) is 3.65. The highest BCUT2D eigenvalue weighted by atomic mass is 19.1. The standard InChI is InChI=1S/C29H36F2N2O4/c30-25-4-2-23(3-5-25)28(34-16-17-35-28)9-1-10-32-12-14-33(15-13-32)11-8-24-20-22-21-26(31)6-7-27(22)29(24)36-18-19-37-29/h2-7,21,24H,1,8-20H2. The normalized spacial score (nSPS) is 25.2. The first kappa shape index (κ1) is 25.3. The Morgan fingerprint density at radius 2 is 1.38 bits per heavy atom. The van der Waals surface area contributed by atoms with E-state index >= 15 is 0 Å². The van der Waals surface area contributed by atoms with Crippen molar-refractivity contribution in [1.82, 2.24) is 9.80 Å². The molecular weight excluding hydrogens is 478 g/mol. The maximum Gasteiger partial charge on any atom is 0.198 e. The molecular formula is C29H36F2N2O4. The molecule has 4 aliphatic rings. The molecule has 0 amide bonds. The van der Waals surface area contributed by atoms with Crippen LogP contribution in [-0.4, -0.2) is 75.5 Å². The van der Waals surface area contributed by atoms with Crippen molar-refractivity contribution in [3.63, 3.8) is 0 Å². The van der Waals surface area contributed by atoms with Crippen molar-refractivity contribution < 1.29 is 27.7 Å². The lowest BCUT2D eigenvalue weighted by Gasteiger charge is -2.37. The largest absolute Gasteiger partial charge is 0.343 e. The van der Waals surface area contributed by atoms with E-state index in [1.54, 1.807) is 18.2 Å². The third kappa shape index (κ3) is 5.07. The predicted molar refractivity (Wildman–Crippen MR) is 134 cm³/mol. The molecule has 0 saturated carbocycles. The molecule has 3 saturated heterocycles. The van der Waals surface area contributed by atoms with Gasteiger partial charge in [0.2, 0.25) is 0 Å². The van der Waals surface area contributed by atoms with Crippen molar-refractivity contribution in [2.24, 2.45) is 5.92 Å². The molecule has 6 nitrogen and oxygen atoms in total. The molecule has 1 aliphatic carbocycles. The Labute approximate surface area is 217 Å². The Morgan fingerprint density at radius 3 is 2.08 bits per heavy atom. The molecule has 1 atom stereocenters. The Bertz CT molecular complexity index is 1060. The average molecular weight is 515 g/mol. The summed E-state index contributed by atoms with van der Waals surface area (Å²) < 4.78 is 51.6. The minimum absolute atomic E-state index is 0.196. The summed E-state index contributed by atoms with van der Waals surface area (Å²) in [5.74, 6) is -1.69. The zero-order valence-corrected chi connectivity index (χ0v) is 21.3. The summed E-state index contributed by atoms with van der Waals surface area (Å²) in [6.07, 6.45) is 3.47. The van der Waals surface area contributed by atoms with Gasteiger partial charge in [-0.3, -0.25) is 0 Å². The number of halogens is 2. The monoisotopic (exact) mass is 514 g/mol.